The number of likely N-dealkylation sites (tertiary alicyclic amines) is 1. The summed E-state index contributed by atoms with van der Waals surface area (Å²) in [6, 6.07) is 8.63. The van der Waals surface area contributed by atoms with Crippen molar-refractivity contribution in [1.29, 1.82) is 0 Å². The summed E-state index contributed by atoms with van der Waals surface area (Å²) in [5.74, 6) is 0.491. The van der Waals surface area contributed by atoms with Gasteiger partial charge in [-0.3, -0.25) is 9.59 Å². The number of thioether (sulfide) groups is 1. The Kier molecular flexibility index (Phi) is 7.72. The number of piperidine rings is 1. The minimum absolute atomic E-state index is 0.0637. The van der Waals surface area contributed by atoms with Crippen molar-refractivity contribution in [3.63, 3.8) is 0 Å². The van der Waals surface area contributed by atoms with E-state index in [1.807, 2.05) is 4.90 Å². The molecule has 0 saturated carbocycles. The summed E-state index contributed by atoms with van der Waals surface area (Å²) < 4.78 is 1.72. The monoisotopic (exact) mass is 556 g/mol. The summed E-state index contributed by atoms with van der Waals surface area (Å²) in [5.41, 5.74) is 8.39. The normalized spacial score (nSPS) is 14.4. The predicted octanol–water partition coefficient (Wildman–Crippen LogP) is 3.60. The van der Waals surface area contributed by atoms with E-state index in [9.17, 15) is 9.59 Å². The minimum atomic E-state index is -0.497. The molecule has 1 aliphatic heterocycles. The maximum absolute atomic E-state index is 12.8. The van der Waals surface area contributed by atoms with E-state index >= 15 is 0 Å². The van der Waals surface area contributed by atoms with Crippen molar-refractivity contribution in [2.75, 3.05) is 42.6 Å². The number of amides is 1. The largest absolute Gasteiger partial charge is 0.378 e. The number of carbonyl (C=O) groups excluding carboxylic acids is 1. The molecular weight excluding hydrogens is 529 g/mol. The number of nitrogens with zero attached hydrogens (tertiary/aromatic N) is 7. The molecule has 194 valence electrons. The number of rotatable bonds is 8. The van der Waals surface area contributed by atoms with Crippen LogP contribution < -0.4 is 16.2 Å². The fraction of sp³-hybridized carbons (Fsp3) is 0.417. The molecule has 0 aliphatic carbocycles. The van der Waals surface area contributed by atoms with E-state index in [0.29, 0.717) is 28.3 Å². The molecule has 0 spiro atoms. The zero-order valence-electron chi connectivity index (χ0n) is 20.7. The lowest BCUT2D eigenvalue weighted by molar-refractivity contribution is -0.129. The van der Waals surface area contributed by atoms with Gasteiger partial charge in [-0.15, -0.1) is 26.6 Å². The van der Waals surface area contributed by atoms with Gasteiger partial charge in [0, 0.05) is 48.7 Å². The second-order valence-electron chi connectivity index (χ2n) is 8.69. The number of nitrogens with two attached hydrogens (primary N) is 1. The summed E-state index contributed by atoms with van der Waals surface area (Å²) in [4.78, 5) is 34.3. The number of carbonyl (C=O) groups is 1. The fourth-order valence-corrected chi connectivity index (χ4v) is 7.17. The zero-order valence-corrected chi connectivity index (χ0v) is 23.1. The number of nitrogen functional groups attached to an aromatic ring is 1. The average molecular weight is 557 g/mol. The first kappa shape index (κ1) is 25.6. The lowest BCUT2D eigenvalue weighted by Crippen LogP contribution is -2.38. The average Bonchev–Trinajstić information content (AvgIpc) is 3.59. The van der Waals surface area contributed by atoms with Crippen LogP contribution in [0.2, 0.25) is 0 Å². The molecule has 4 aromatic rings. The Morgan fingerprint density at radius 2 is 1.89 bits per heavy atom. The van der Waals surface area contributed by atoms with Gasteiger partial charge < -0.3 is 15.5 Å². The van der Waals surface area contributed by atoms with Crippen LogP contribution in [-0.4, -0.2) is 67.5 Å². The summed E-state index contributed by atoms with van der Waals surface area (Å²) in [7, 11) is 0. The number of hydrogen-bond donors (Lipinski definition) is 1. The van der Waals surface area contributed by atoms with Gasteiger partial charge in [-0.25, -0.2) is 4.98 Å². The Morgan fingerprint density at radius 1 is 1.16 bits per heavy atom. The van der Waals surface area contributed by atoms with Gasteiger partial charge in [0.15, 0.2) is 4.34 Å². The van der Waals surface area contributed by atoms with Gasteiger partial charge in [-0.2, -0.15) is 4.52 Å². The number of hydrogen-bond acceptors (Lipinski definition) is 11. The lowest BCUT2D eigenvalue weighted by atomic mass is 9.97. The van der Waals surface area contributed by atoms with E-state index in [-0.39, 0.29) is 17.5 Å². The van der Waals surface area contributed by atoms with Crippen LogP contribution in [0, 0.1) is 0 Å². The molecule has 1 aromatic carbocycles. The van der Waals surface area contributed by atoms with Gasteiger partial charge in [0.2, 0.25) is 16.7 Å². The van der Waals surface area contributed by atoms with E-state index in [0.717, 1.165) is 46.7 Å². The van der Waals surface area contributed by atoms with Gasteiger partial charge in [-0.05, 0) is 38.8 Å². The molecule has 3 aromatic heterocycles. The molecule has 4 heterocycles. The summed E-state index contributed by atoms with van der Waals surface area (Å²) in [5, 5.41) is 15.0. The van der Waals surface area contributed by atoms with Crippen LogP contribution in [0.1, 0.15) is 37.6 Å². The molecule has 1 fully saturated rings. The second kappa shape index (κ2) is 11.2. The molecule has 37 heavy (non-hydrogen) atoms. The molecular formula is C24H28N8O2S3. The van der Waals surface area contributed by atoms with Crippen LogP contribution in [-0.2, 0) is 4.79 Å². The highest BCUT2D eigenvalue weighted by molar-refractivity contribution is 8.01. The maximum Gasteiger partial charge on any atom is 0.317 e. The highest BCUT2D eigenvalue weighted by Crippen LogP contribution is 2.34. The fourth-order valence-electron chi connectivity index (χ4n) is 4.40. The lowest BCUT2D eigenvalue weighted by Gasteiger charge is -2.31. The van der Waals surface area contributed by atoms with Gasteiger partial charge in [0.05, 0.1) is 16.5 Å². The Labute approximate surface area is 226 Å². The Bertz CT molecular complexity index is 1440. The number of anilines is 2. The highest BCUT2D eigenvalue weighted by Gasteiger charge is 2.26. The molecule has 0 radical (unpaired) electrons. The van der Waals surface area contributed by atoms with Crippen LogP contribution in [0.5, 0.6) is 0 Å². The quantitative estimate of drug-likeness (QED) is 0.324. The molecule has 1 amide bonds. The third kappa shape index (κ3) is 5.48. The molecule has 0 bridgehead atoms. The molecule has 13 heteroatoms. The Hall–Kier alpha value is -3.03. The topological polar surface area (TPSA) is 123 Å². The van der Waals surface area contributed by atoms with Crippen LogP contribution in [0.15, 0.2) is 38.8 Å². The van der Waals surface area contributed by atoms with E-state index in [1.165, 1.54) is 28.8 Å². The highest BCUT2D eigenvalue weighted by atomic mass is 32.2. The Balaban J connectivity index is 1.14. The molecule has 0 unspecified atom stereocenters. The number of benzene rings is 1. The van der Waals surface area contributed by atoms with Crippen LogP contribution in [0.25, 0.3) is 16.2 Å². The summed E-state index contributed by atoms with van der Waals surface area (Å²) >= 11 is 4.23. The number of aromatic nitrogens is 5. The molecule has 10 nitrogen and oxygen atoms in total. The first-order chi connectivity index (χ1) is 18.0. The molecule has 0 atom stereocenters. The first-order valence-corrected chi connectivity index (χ1v) is 14.9. The first-order valence-electron chi connectivity index (χ1n) is 12.2. The van der Waals surface area contributed by atoms with Crippen molar-refractivity contribution in [3.05, 3.63) is 45.0 Å². The molecule has 5 rings (SSSR count). The molecule has 2 N–H and O–H groups in total. The molecule has 1 aliphatic rings. The van der Waals surface area contributed by atoms with Crippen molar-refractivity contribution >= 4 is 56.8 Å². The van der Waals surface area contributed by atoms with Crippen molar-refractivity contribution in [2.24, 2.45) is 0 Å². The minimum Gasteiger partial charge on any atom is -0.378 e. The van der Waals surface area contributed by atoms with Crippen LogP contribution in [0.4, 0.5) is 11.5 Å². The predicted molar refractivity (Wildman–Crippen MR) is 150 cm³/mol. The molecule has 1 saturated heterocycles. The summed E-state index contributed by atoms with van der Waals surface area (Å²) in [6.45, 7) is 7.73. The van der Waals surface area contributed by atoms with Crippen LogP contribution in [0.3, 0.4) is 0 Å². The van der Waals surface area contributed by atoms with Crippen molar-refractivity contribution < 1.29 is 4.79 Å². The standard InChI is InChI=1S/C24H28N8O2S3/c1-3-30(4-2)17-7-5-15(6-8-17)18-13-35-21(26-18)16-9-11-31(12-10-16)19(33)14-36-24-29-32-22(34)20(25)27-28-23(32)37-24/h5-8,13,16H,3-4,9-12,14H2,1-2H3,(H2,25,27). The number of thiazole rings is 1. The summed E-state index contributed by atoms with van der Waals surface area (Å²) in [6.07, 6.45) is 1.80. The number of fused-ring (bicyclic) bond motifs is 1. The Morgan fingerprint density at radius 3 is 2.59 bits per heavy atom. The van der Waals surface area contributed by atoms with Gasteiger partial charge in [0.25, 0.3) is 0 Å². The van der Waals surface area contributed by atoms with E-state index in [2.05, 4.69) is 63.7 Å². The van der Waals surface area contributed by atoms with Crippen molar-refractivity contribution in [3.8, 4) is 11.3 Å². The van der Waals surface area contributed by atoms with E-state index < -0.39 is 5.56 Å². The third-order valence-electron chi connectivity index (χ3n) is 6.53. The van der Waals surface area contributed by atoms with E-state index in [1.54, 1.807) is 11.3 Å². The third-order valence-corrected chi connectivity index (χ3v) is 9.55. The maximum atomic E-state index is 12.8. The van der Waals surface area contributed by atoms with Gasteiger partial charge in [0.1, 0.15) is 0 Å². The van der Waals surface area contributed by atoms with Gasteiger partial charge >= 0.3 is 5.56 Å². The smallest absolute Gasteiger partial charge is 0.317 e. The zero-order chi connectivity index (χ0) is 25.9. The van der Waals surface area contributed by atoms with Gasteiger partial charge in [-0.1, -0.05) is 35.2 Å². The van der Waals surface area contributed by atoms with E-state index in [4.69, 9.17) is 10.7 Å². The SMILES string of the molecule is CCN(CC)c1ccc(-c2csc(C3CCN(C(=O)CSc4nn5c(=O)c(N)nnc5s4)CC3)n2)cc1. The van der Waals surface area contributed by atoms with Crippen molar-refractivity contribution in [2.45, 2.75) is 36.9 Å². The van der Waals surface area contributed by atoms with Crippen LogP contribution >= 0.6 is 34.4 Å². The second-order valence-corrected chi connectivity index (χ2v) is 11.8. The van der Waals surface area contributed by atoms with Crippen molar-refractivity contribution in [1.82, 2.24) is 29.7 Å².